The predicted molar refractivity (Wildman–Crippen MR) is 144 cm³/mol. The third-order valence-electron chi connectivity index (χ3n) is 9.66. The summed E-state index contributed by atoms with van der Waals surface area (Å²) in [5, 5.41) is 0. The lowest BCUT2D eigenvalue weighted by Crippen LogP contribution is -2.57. The van der Waals surface area contributed by atoms with Gasteiger partial charge < -0.3 is 14.5 Å². The van der Waals surface area contributed by atoms with E-state index >= 15 is 4.39 Å². The van der Waals surface area contributed by atoms with Crippen molar-refractivity contribution in [1.29, 1.82) is 0 Å². The van der Waals surface area contributed by atoms with Crippen LogP contribution in [0.2, 0.25) is 0 Å². The SMILES string of the molecule is O=C(N(C1CCOCC1)C1CC1)N1CC[C@@]2(S(=O)(=O)c3ccc(F)cc3)c3ccc(C(F)(C(F)(F)F)C(F)(F)F)cc3CC[C@@H]12. The molecule has 1 saturated carbocycles. The van der Waals surface area contributed by atoms with Crippen molar-refractivity contribution in [3.05, 3.63) is 65.0 Å². The molecule has 0 spiro atoms. The Balaban J connectivity index is 1.48. The first-order valence-electron chi connectivity index (χ1n) is 14.7. The first-order valence-corrected chi connectivity index (χ1v) is 16.2. The van der Waals surface area contributed by atoms with Crippen LogP contribution >= 0.6 is 0 Å². The average molecular weight is 667 g/mol. The van der Waals surface area contributed by atoms with Gasteiger partial charge in [-0.3, -0.25) is 0 Å². The van der Waals surface area contributed by atoms with Crippen molar-refractivity contribution in [1.82, 2.24) is 9.80 Å². The van der Waals surface area contributed by atoms with E-state index in [1.807, 2.05) is 0 Å². The van der Waals surface area contributed by atoms with Crippen molar-refractivity contribution in [2.45, 2.75) is 90.7 Å². The Labute approximate surface area is 254 Å². The second-order valence-corrected chi connectivity index (χ2v) is 14.3. The number of sulfone groups is 1. The number of carbonyl (C=O) groups is 1. The molecule has 2 heterocycles. The van der Waals surface area contributed by atoms with Gasteiger partial charge in [0.2, 0.25) is 0 Å². The van der Waals surface area contributed by atoms with E-state index in [1.165, 1.54) is 4.90 Å². The number of alkyl halides is 7. The van der Waals surface area contributed by atoms with E-state index < -0.39 is 50.0 Å². The van der Waals surface area contributed by atoms with Crippen LogP contribution in [-0.4, -0.2) is 74.5 Å². The molecule has 2 atom stereocenters. The van der Waals surface area contributed by atoms with E-state index in [0.29, 0.717) is 38.2 Å². The number of hydrogen-bond acceptors (Lipinski definition) is 4. The van der Waals surface area contributed by atoms with Gasteiger partial charge in [-0.05, 0) is 80.3 Å². The molecule has 0 radical (unpaired) electrons. The van der Waals surface area contributed by atoms with Crippen LogP contribution in [0.25, 0.3) is 0 Å². The number of benzene rings is 2. The summed E-state index contributed by atoms with van der Waals surface area (Å²) < 4.78 is 143. The molecule has 15 heteroatoms. The molecule has 6 rings (SSSR count). The van der Waals surface area contributed by atoms with Gasteiger partial charge in [-0.1, -0.05) is 18.2 Å². The van der Waals surface area contributed by atoms with Gasteiger partial charge in [-0.2, -0.15) is 26.3 Å². The number of nitrogens with zero attached hydrogens (tertiary/aromatic N) is 2. The molecule has 2 aromatic rings. The van der Waals surface area contributed by atoms with Gasteiger partial charge in [0.15, 0.2) is 9.84 Å². The molecule has 2 aliphatic carbocycles. The van der Waals surface area contributed by atoms with Crippen LogP contribution < -0.4 is 0 Å². The third-order valence-corrected chi connectivity index (χ3v) is 12.2. The molecule has 246 valence electrons. The lowest BCUT2D eigenvalue weighted by molar-refractivity contribution is -0.348. The summed E-state index contributed by atoms with van der Waals surface area (Å²) in [7, 11) is -4.55. The van der Waals surface area contributed by atoms with E-state index in [2.05, 4.69) is 0 Å². The highest BCUT2D eigenvalue weighted by molar-refractivity contribution is 7.92. The maximum absolute atomic E-state index is 15.1. The first-order chi connectivity index (χ1) is 21.0. The Hall–Kier alpha value is -2.94. The number of amides is 2. The highest BCUT2D eigenvalue weighted by Crippen LogP contribution is 2.57. The fraction of sp³-hybridized carbons (Fsp3) is 0.567. The fourth-order valence-electron chi connectivity index (χ4n) is 7.36. The maximum atomic E-state index is 15.1. The summed E-state index contributed by atoms with van der Waals surface area (Å²) >= 11 is 0. The van der Waals surface area contributed by atoms with Gasteiger partial charge in [-0.15, -0.1) is 0 Å². The molecule has 2 aromatic carbocycles. The number of carbonyl (C=O) groups excluding carboxylic acids is 1. The van der Waals surface area contributed by atoms with E-state index in [4.69, 9.17) is 4.74 Å². The van der Waals surface area contributed by atoms with Crippen LogP contribution in [0.5, 0.6) is 0 Å². The second kappa shape index (κ2) is 10.8. The topological polar surface area (TPSA) is 66.9 Å². The van der Waals surface area contributed by atoms with Crippen LogP contribution in [0.4, 0.5) is 39.9 Å². The molecule has 45 heavy (non-hydrogen) atoms. The number of likely N-dealkylation sites (tertiary alicyclic amines) is 1. The maximum Gasteiger partial charge on any atom is 0.435 e. The van der Waals surface area contributed by atoms with E-state index in [9.17, 15) is 43.9 Å². The minimum atomic E-state index is -6.35. The monoisotopic (exact) mass is 666 g/mol. The summed E-state index contributed by atoms with van der Waals surface area (Å²) in [4.78, 5) is 17.1. The predicted octanol–water partition coefficient (Wildman–Crippen LogP) is 6.57. The molecule has 2 amide bonds. The molecule has 3 fully saturated rings. The highest BCUT2D eigenvalue weighted by atomic mass is 32.2. The van der Waals surface area contributed by atoms with Crippen molar-refractivity contribution in [3.63, 3.8) is 0 Å². The van der Waals surface area contributed by atoms with Gasteiger partial charge in [0, 0.05) is 37.4 Å². The quantitative estimate of drug-likeness (QED) is 0.268. The van der Waals surface area contributed by atoms with E-state index in [-0.39, 0.29) is 59.9 Å². The second-order valence-electron chi connectivity index (χ2n) is 12.1. The Kier molecular flexibility index (Phi) is 7.69. The molecule has 2 aliphatic heterocycles. The highest BCUT2D eigenvalue weighted by Gasteiger charge is 2.74. The molecular weight excluding hydrogens is 636 g/mol. The van der Waals surface area contributed by atoms with Gasteiger partial charge in [0.25, 0.3) is 0 Å². The number of halogens is 8. The Morgan fingerprint density at radius 3 is 2.04 bits per heavy atom. The molecule has 2 saturated heterocycles. The smallest absolute Gasteiger partial charge is 0.381 e. The normalized spacial score (nSPS) is 24.7. The summed E-state index contributed by atoms with van der Waals surface area (Å²) in [5.74, 6) is -0.727. The van der Waals surface area contributed by atoms with Gasteiger partial charge in [-0.25, -0.2) is 22.0 Å². The van der Waals surface area contributed by atoms with Crippen molar-refractivity contribution in [2.75, 3.05) is 19.8 Å². The Morgan fingerprint density at radius 1 is 0.867 bits per heavy atom. The molecular formula is C30H30F8N2O4S. The number of aryl methyl sites for hydroxylation is 1. The average Bonchev–Trinajstić information content (AvgIpc) is 3.73. The fourth-order valence-corrected chi connectivity index (χ4v) is 9.72. The number of rotatable bonds is 5. The molecule has 0 N–H and O–H groups in total. The Morgan fingerprint density at radius 2 is 1.47 bits per heavy atom. The van der Waals surface area contributed by atoms with Crippen LogP contribution in [0, 0.1) is 5.82 Å². The van der Waals surface area contributed by atoms with Crippen molar-refractivity contribution in [3.8, 4) is 0 Å². The number of fused-ring (bicyclic) bond motifs is 3. The van der Waals surface area contributed by atoms with Crippen LogP contribution in [0.3, 0.4) is 0 Å². The third kappa shape index (κ3) is 4.90. The standard InChI is InChI=1S/C30H30F8N2O4S/c31-20-3-7-23(8-4-20)45(42,43)27-13-14-39(26(41)40(21-5-6-21)22-11-15-44-16-12-22)25(27)10-1-18-17-19(2-9-24(18)27)28(32,29(33,34)35)30(36,37)38/h2-4,7-9,17,21-22,25H,1,5-6,10-16H2/t25-,27-/m1/s1. The van der Waals surface area contributed by atoms with Crippen LogP contribution in [-0.2, 0) is 31.4 Å². The minimum absolute atomic E-state index is 0.0369. The van der Waals surface area contributed by atoms with E-state index in [0.717, 1.165) is 43.2 Å². The summed E-state index contributed by atoms with van der Waals surface area (Å²) in [5.41, 5.74) is -7.69. The zero-order chi connectivity index (χ0) is 32.6. The molecule has 0 aromatic heterocycles. The Bertz CT molecular complexity index is 1560. The number of hydrogen-bond donors (Lipinski definition) is 0. The largest absolute Gasteiger partial charge is 0.435 e. The van der Waals surface area contributed by atoms with Crippen LogP contribution in [0.15, 0.2) is 47.4 Å². The van der Waals surface area contributed by atoms with Gasteiger partial charge in [0.05, 0.1) is 10.9 Å². The summed E-state index contributed by atoms with van der Waals surface area (Å²) in [6.07, 6.45) is -10.5. The molecule has 4 aliphatic rings. The number of urea groups is 1. The molecule has 0 unspecified atom stereocenters. The zero-order valence-corrected chi connectivity index (χ0v) is 24.6. The molecule has 0 bridgehead atoms. The van der Waals surface area contributed by atoms with Crippen molar-refractivity contribution < 1.29 is 53.1 Å². The molecule has 6 nitrogen and oxygen atoms in total. The lowest BCUT2D eigenvalue weighted by atomic mass is 9.77. The van der Waals surface area contributed by atoms with Crippen LogP contribution in [0.1, 0.15) is 55.2 Å². The number of ether oxygens (including phenoxy) is 1. The minimum Gasteiger partial charge on any atom is -0.381 e. The first kappa shape index (κ1) is 32.0. The van der Waals surface area contributed by atoms with Gasteiger partial charge in [0.1, 0.15) is 10.6 Å². The summed E-state index contributed by atoms with van der Waals surface area (Å²) in [6.45, 7) is 0.847. The van der Waals surface area contributed by atoms with Crippen molar-refractivity contribution in [2.24, 2.45) is 0 Å². The lowest BCUT2D eigenvalue weighted by Gasteiger charge is -2.45. The summed E-state index contributed by atoms with van der Waals surface area (Å²) in [6, 6.07) is 3.89. The van der Waals surface area contributed by atoms with Crippen molar-refractivity contribution >= 4 is 15.9 Å². The van der Waals surface area contributed by atoms with E-state index in [1.54, 1.807) is 4.90 Å². The van der Waals surface area contributed by atoms with Gasteiger partial charge >= 0.3 is 24.1 Å². The zero-order valence-electron chi connectivity index (χ0n) is 23.8.